The van der Waals surface area contributed by atoms with E-state index in [1.54, 1.807) is 42.5 Å². The molecule has 2 rings (SSSR count). The number of ketones is 1. The zero-order valence-corrected chi connectivity index (χ0v) is 12.1. The molecule has 0 aliphatic carbocycles. The van der Waals surface area contributed by atoms with Crippen LogP contribution in [0.25, 0.3) is 0 Å². The quantitative estimate of drug-likeness (QED) is 0.530. The molecule has 2 aromatic rings. The van der Waals surface area contributed by atoms with Gasteiger partial charge in [0.25, 0.3) is 0 Å². The Labute approximate surface area is 127 Å². The number of hydrogen-bond donors (Lipinski definition) is 1. The molecule has 0 saturated carbocycles. The van der Waals surface area contributed by atoms with Gasteiger partial charge in [0.05, 0.1) is 10.7 Å². The van der Waals surface area contributed by atoms with Gasteiger partial charge in [0.15, 0.2) is 0 Å². The van der Waals surface area contributed by atoms with E-state index in [1.807, 2.05) is 19.1 Å². The van der Waals surface area contributed by atoms with Gasteiger partial charge >= 0.3 is 0 Å². The molecular formula is C16H12ClN3O. The van der Waals surface area contributed by atoms with Crippen LogP contribution < -0.4 is 5.43 Å². The predicted molar refractivity (Wildman–Crippen MR) is 83.6 cm³/mol. The van der Waals surface area contributed by atoms with Crippen LogP contribution in [-0.4, -0.2) is 11.5 Å². The second-order valence-electron chi connectivity index (χ2n) is 4.36. The van der Waals surface area contributed by atoms with E-state index >= 15 is 0 Å². The highest BCUT2D eigenvalue weighted by Crippen LogP contribution is 2.20. The fraction of sp³-hybridized carbons (Fsp3) is 0.0625. The Balaban J connectivity index is 2.21. The molecule has 0 fully saturated rings. The molecule has 0 radical (unpaired) electrons. The molecule has 0 aliphatic heterocycles. The van der Waals surface area contributed by atoms with Crippen LogP contribution in [0, 0.1) is 18.3 Å². The molecule has 0 aliphatic rings. The van der Waals surface area contributed by atoms with Crippen LogP contribution in [0.4, 0.5) is 5.69 Å². The minimum atomic E-state index is -0.433. The van der Waals surface area contributed by atoms with Crippen molar-refractivity contribution in [3.8, 4) is 6.07 Å². The van der Waals surface area contributed by atoms with E-state index in [1.165, 1.54) is 0 Å². The Morgan fingerprint density at radius 2 is 1.86 bits per heavy atom. The van der Waals surface area contributed by atoms with Crippen molar-refractivity contribution in [1.29, 1.82) is 5.26 Å². The maximum Gasteiger partial charge on any atom is 0.223 e. The van der Waals surface area contributed by atoms with Crippen molar-refractivity contribution in [1.82, 2.24) is 0 Å². The summed E-state index contributed by atoms with van der Waals surface area (Å²) in [6.07, 6.45) is 0. The Bertz CT molecular complexity index is 730. The van der Waals surface area contributed by atoms with Crippen LogP contribution in [0.15, 0.2) is 53.6 Å². The lowest BCUT2D eigenvalue weighted by Gasteiger charge is -2.03. The zero-order valence-electron chi connectivity index (χ0n) is 11.3. The van der Waals surface area contributed by atoms with Crippen molar-refractivity contribution in [2.75, 3.05) is 5.43 Å². The number of anilines is 1. The number of nitrogens with one attached hydrogen (secondary N) is 1. The highest BCUT2D eigenvalue weighted by Gasteiger charge is 2.13. The maximum absolute atomic E-state index is 12.2. The van der Waals surface area contributed by atoms with Gasteiger partial charge in [-0.25, -0.2) is 0 Å². The van der Waals surface area contributed by atoms with Crippen molar-refractivity contribution in [2.45, 2.75) is 6.92 Å². The number of para-hydroxylation sites is 1. The average Bonchev–Trinajstić information content (AvgIpc) is 2.50. The Morgan fingerprint density at radius 3 is 2.48 bits per heavy atom. The highest BCUT2D eigenvalue weighted by molar-refractivity contribution is 6.51. The number of Topliss-reactive ketones (excluding diaryl/α,β-unsaturated/α-hetero) is 1. The van der Waals surface area contributed by atoms with E-state index in [0.717, 1.165) is 5.56 Å². The molecule has 21 heavy (non-hydrogen) atoms. The number of nitriles is 1. The van der Waals surface area contributed by atoms with Crippen molar-refractivity contribution in [2.24, 2.45) is 5.10 Å². The lowest BCUT2D eigenvalue weighted by molar-refractivity contribution is 0.106. The number of rotatable bonds is 4. The molecule has 0 aromatic heterocycles. The third-order valence-electron chi connectivity index (χ3n) is 2.80. The van der Waals surface area contributed by atoms with Gasteiger partial charge in [-0.3, -0.25) is 10.2 Å². The van der Waals surface area contributed by atoms with Crippen LogP contribution in [0.5, 0.6) is 0 Å². The van der Waals surface area contributed by atoms with Gasteiger partial charge in [0, 0.05) is 5.56 Å². The van der Waals surface area contributed by atoms with Gasteiger partial charge in [-0.05, 0) is 19.1 Å². The molecule has 1 N–H and O–H groups in total. The molecule has 104 valence electrons. The molecule has 0 amide bonds. The summed E-state index contributed by atoms with van der Waals surface area (Å²) in [5, 5.41) is 13.4. The van der Waals surface area contributed by atoms with Crippen LogP contribution in [-0.2, 0) is 0 Å². The smallest absolute Gasteiger partial charge is 0.223 e. The topological polar surface area (TPSA) is 65.2 Å². The van der Waals surface area contributed by atoms with Crippen LogP contribution >= 0.6 is 11.6 Å². The van der Waals surface area contributed by atoms with Crippen LogP contribution in [0.3, 0.4) is 0 Å². The molecule has 0 bridgehead atoms. The lowest BCUT2D eigenvalue weighted by atomic mass is 10.1. The first kappa shape index (κ1) is 14.8. The number of carbonyl (C=O) groups excluding carboxylic acids is 1. The Hall–Kier alpha value is -2.64. The summed E-state index contributed by atoms with van der Waals surface area (Å²) in [7, 11) is 0. The third-order valence-corrected chi connectivity index (χ3v) is 3.13. The number of nitrogens with zero attached hydrogens (tertiary/aromatic N) is 2. The van der Waals surface area contributed by atoms with Crippen LogP contribution in [0.1, 0.15) is 15.9 Å². The SMILES string of the molecule is Cc1ccc(C(=O)/C(C#N)=N/Nc2ccccc2Cl)cc1. The van der Waals surface area contributed by atoms with Gasteiger partial charge in [-0.2, -0.15) is 10.4 Å². The number of halogens is 1. The van der Waals surface area contributed by atoms with Gasteiger partial charge in [0.1, 0.15) is 6.07 Å². The molecular weight excluding hydrogens is 286 g/mol. The fourth-order valence-electron chi connectivity index (χ4n) is 1.64. The van der Waals surface area contributed by atoms with E-state index in [4.69, 9.17) is 16.9 Å². The summed E-state index contributed by atoms with van der Waals surface area (Å²) < 4.78 is 0. The molecule has 0 saturated heterocycles. The number of benzene rings is 2. The molecule has 4 nitrogen and oxygen atoms in total. The Kier molecular flexibility index (Phi) is 4.70. The third kappa shape index (κ3) is 3.68. The maximum atomic E-state index is 12.2. The highest BCUT2D eigenvalue weighted by atomic mass is 35.5. The molecule has 0 unspecified atom stereocenters. The second-order valence-corrected chi connectivity index (χ2v) is 4.77. The summed E-state index contributed by atoms with van der Waals surface area (Å²) in [6.45, 7) is 1.92. The van der Waals surface area contributed by atoms with E-state index in [0.29, 0.717) is 16.3 Å². The van der Waals surface area contributed by atoms with Gasteiger partial charge < -0.3 is 0 Å². The first-order chi connectivity index (χ1) is 10.1. The summed E-state index contributed by atoms with van der Waals surface area (Å²) in [5.41, 5.74) is 4.40. The van der Waals surface area contributed by atoms with E-state index in [2.05, 4.69) is 10.5 Å². The minimum absolute atomic E-state index is 0.223. The summed E-state index contributed by atoms with van der Waals surface area (Å²) in [4.78, 5) is 12.2. The number of hydrogen-bond acceptors (Lipinski definition) is 4. The van der Waals surface area contributed by atoms with Crippen molar-refractivity contribution in [3.05, 3.63) is 64.7 Å². The second kappa shape index (κ2) is 6.69. The number of aryl methyl sites for hydroxylation is 1. The largest absolute Gasteiger partial charge is 0.286 e. The van der Waals surface area contributed by atoms with Gasteiger partial charge in [0.2, 0.25) is 11.5 Å². The van der Waals surface area contributed by atoms with E-state index in [-0.39, 0.29) is 5.71 Å². The number of hydrazone groups is 1. The zero-order chi connectivity index (χ0) is 15.2. The number of carbonyl (C=O) groups is 1. The predicted octanol–water partition coefficient (Wildman–Crippen LogP) is 3.82. The van der Waals surface area contributed by atoms with Crippen molar-refractivity contribution in [3.63, 3.8) is 0 Å². The molecule has 0 spiro atoms. The molecule has 0 heterocycles. The van der Waals surface area contributed by atoms with Crippen molar-refractivity contribution >= 4 is 28.8 Å². The van der Waals surface area contributed by atoms with Gasteiger partial charge in [-0.15, -0.1) is 0 Å². The van der Waals surface area contributed by atoms with Crippen LogP contribution in [0.2, 0.25) is 5.02 Å². The normalized spacial score (nSPS) is 10.8. The summed E-state index contributed by atoms with van der Waals surface area (Å²) in [5.74, 6) is -0.433. The van der Waals surface area contributed by atoms with E-state index in [9.17, 15) is 4.79 Å². The van der Waals surface area contributed by atoms with Gasteiger partial charge in [-0.1, -0.05) is 53.6 Å². The van der Waals surface area contributed by atoms with Crippen molar-refractivity contribution < 1.29 is 4.79 Å². The monoisotopic (exact) mass is 297 g/mol. The summed E-state index contributed by atoms with van der Waals surface area (Å²) in [6, 6.07) is 15.7. The lowest BCUT2D eigenvalue weighted by Crippen LogP contribution is -2.14. The minimum Gasteiger partial charge on any atom is -0.286 e. The molecule has 0 atom stereocenters. The standard InChI is InChI=1S/C16H12ClN3O/c1-11-6-8-12(9-7-11)16(21)15(10-18)20-19-14-5-3-2-4-13(14)17/h2-9,19H,1H3/b20-15+. The fourth-order valence-corrected chi connectivity index (χ4v) is 1.81. The first-order valence-corrected chi connectivity index (χ1v) is 6.59. The summed E-state index contributed by atoms with van der Waals surface area (Å²) >= 11 is 5.97. The molecule has 2 aromatic carbocycles. The van der Waals surface area contributed by atoms with E-state index < -0.39 is 5.78 Å². The molecule has 5 heteroatoms. The average molecular weight is 298 g/mol. The Morgan fingerprint density at radius 1 is 1.19 bits per heavy atom. The first-order valence-electron chi connectivity index (χ1n) is 6.21.